The minimum Gasteiger partial charge on any atom is -0.368 e. The SMILES string of the molecule is C[C@@](N)(CS)C(N)=O.Cl. The highest BCUT2D eigenvalue weighted by Gasteiger charge is 2.22. The molecule has 1 atom stereocenters. The lowest BCUT2D eigenvalue weighted by molar-refractivity contribution is -0.121. The van der Waals surface area contributed by atoms with Crippen molar-refractivity contribution in [1.82, 2.24) is 0 Å². The van der Waals surface area contributed by atoms with Crippen LogP contribution in [0, 0.1) is 0 Å². The van der Waals surface area contributed by atoms with Crippen molar-refractivity contribution in [3.63, 3.8) is 0 Å². The summed E-state index contributed by atoms with van der Waals surface area (Å²) in [4.78, 5) is 10.3. The van der Waals surface area contributed by atoms with Gasteiger partial charge in [-0.25, -0.2) is 0 Å². The van der Waals surface area contributed by atoms with Crippen LogP contribution in [-0.4, -0.2) is 17.2 Å². The van der Waals surface area contributed by atoms with Crippen molar-refractivity contribution < 1.29 is 4.79 Å². The van der Waals surface area contributed by atoms with Crippen molar-refractivity contribution in [2.45, 2.75) is 12.5 Å². The largest absolute Gasteiger partial charge is 0.368 e. The third kappa shape index (κ3) is 3.61. The van der Waals surface area contributed by atoms with Crippen LogP contribution < -0.4 is 11.5 Å². The molecule has 0 heterocycles. The van der Waals surface area contributed by atoms with E-state index in [4.69, 9.17) is 11.5 Å². The lowest BCUT2D eigenvalue weighted by Crippen LogP contribution is -2.50. The standard InChI is InChI=1S/C4H10N2OS.ClH/c1-4(6,2-8)3(5)7;/h8H,2,6H2,1H3,(H2,5,7);1H/t4-;/m1./s1. The van der Waals surface area contributed by atoms with Crippen LogP contribution in [-0.2, 0) is 4.79 Å². The number of carbonyl (C=O) groups is 1. The van der Waals surface area contributed by atoms with Gasteiger partial charge >= 0.3 is 0 Å². The van der Waals surface area contributed by atoms with Gasteiger partial charge in [-0.1, -0.05) is 0 Å². The third-order valence-electron chi connectivity index (χ3n) is 0.891. The fourth-order valence-corrected chi connectivity index (χ4v) is 0.234. The van der Waals surface area contributed by atoms with Gasteiger partial charge in [0.1, 0.15) is 5.54 Å². The number of halogens is 1. The molecule has 0 aliphatic heterocycles. The average molecular weight is 171 g/mol. The summed E-state index contributed by atoms with van der Waals surface area (Å²) in [7, 11) is 0. The normalized spacial score (nSPS) is 15.4. The van der Waals surface area contributed by atoms with E-state index in [9.17, 15) is 4.79 Å². The molecular weight excluding hydrogens is 160 g/mol. The summed E-state index contributed by atoms with van der Waals surface area (Å²) in [6, 6.07) is 0. The minimum absolute atomic E-state index is 0. The Labute approximate surface area is 66.0 Å². The molecule has 0 aromatic rings. The number of hydrogen-bond acceptors (Lipinski definition) is 3. The Morgan fingerprint density at radius 2 is 2.11 bits per heavy atom. The maximum atomic E-state index is 10.3. The molecule has 0 aliphatic carbocycles. The molecule has 0 aliphatic rings. The number of hydrogen-bond donors (Lipinski definition) is 3. The van der Waals surface area contributed by atoms with E-state index in [0.717, 1.165) is 0 Å². The number of nitrogens with two attached hydrogens (primary N) is 2. The fraction of sp³-hybridized carbons (Fsp3) is 0.750. The monoisotopic (exact) mass is 170 g/mol. The van der Waals surface area contributed by atoms with E-state index < -0.39 is 11.4 Å². The van der Waals surface area contributed by atoms with Gasteiger partial charge in [0.15, 0.2) is 0 Å². The minimum atomic E-state index is -0.955. The summed E-state index contributed by atoms with van der Waals surface area (Å²) in [6.07, 6.45) is 0. The first-order chi connectivity index (χ1) is 3.50. The van der Waals surface area contributed by atoms with Crippen LogP contribution in [0.15, 0.2) is 0 Å². The lowest BCUT2D eigenvalue weighted by Gasteiger charge is -2.15. The van der Waals surface area contributed by atoms with Gasteiger partial charge < -0.3 is 11.5 Å². The van der Waals surface area contributed by atoms with E-state index in [1.165, 1.54) is 0 Å². The van der Waals surface area contributed by atoms with Gasteiger partial charge in [-0.05, 0) is 6.92 Å². The molecule has 0 aromatic heterocycles. The van der Waals surface area contributed by atoms with Gasteiger partial charge in [0.25, 0.3) is 0 Å². The molecule has 5 heteroatoms. The number of thiol groups is 1. The second kappa shape index (κ2) is 3.98. The van der Waals surface area contributed by atoms with E-state index in [0.29, 0.717) is 0 Å². The zero-order valence-electron chi connectivity index (χ0n) is 5.13. The quantitative estimate of drug-likeness (QED) is 0.491. The lowest BCUT2D eigenvalue weighted by atomic mass is 10.1. The van der Waals surface area contributed by atoms with Crippen LogP contribution in [0.2, 0.25) is 0 Å². The maximum absolute atomic E-state index is 10.3. The second-order valence-electron chi connectivity index (χ2n) is 1.94. The number of primary amides is 1. The first-order valence-electron chi connectivity index (χ1n) is 2.20. The Kier molecular flexibility index (Phi) is 5.22. The fourth-order valence-electron chi connectivity index (χ4n) is 0.0779. The Balaban J connectivity index is 0. The van der Waals surface area contributed by atoms with Crippen molar-refractivity contribution in [2.75, 3.05) is 5.75 Å². The maximum Gasteiger partial charge on any atom is 0.238 e. The van der Waals surface area contributed by atoms with E-state index in [1.807, 2.05) is 0 Å². The third-order valence-corrected chi connectivity index (χ3v) is 1.55. The molecule has 0 spiro atoms. The Morgan fingerprint density at radius 3 is 2.11 bits per heavy atom. The molecule has 0 fully saturated rings. The molecule has 9 heavy (non-hydrogen) atoms. The molecule has 1 amide bonds. The van der Waals surface area contributed by atoms with Gasteiger partial charge in [0.05, 0.1) is 0 Å². The highest BCUT2D eigenvalue weighted by Crippen LogP contribution is 1.98. The Morgan fingerprint density at radius 1 is 1.78 bits per heavy atom. The van der Waals surface area contributed by atoms with Gasteiger partial charge in [-0.15, -0.1) is 12.4 Å². The molecule has 56 valence electrons. The number of carbonyl (C=O) groups excluding carboxylic acids is 1. The van der Waals surface area contributed by atoms with Crippen LogP contribution in [0.1, 0.15) is 6.92 Å². The van der Waals surface area contributed by atoms with Crippen LogP contribution in [0.3, 0.4) is 0 Å². The van der Waals surface area contributed by atoms with Crippen molar-refractivity contribution in [2.24, 2.45) is 11.5 Å². The van der Waals surface area contributed by atoms with Crippen LogP contribution >= 0.6 is 25.0 Å². The molecule has 0 radical (unpaired) electrons. The van der Waals surface area contributed by atoms with E-state index in [-0.39, 0.29) is 18.2 Å². The van der Waals surface area contributed by atoms with Crippen molar-refractivity contribution in [1.29, 1.82) is 0 Å². The summed E-state index contributed by atoms with van der Waals surface area (Å²) in [5.74, 6) is -0.241. The number of rotatable bonds is 2. The number of amides is 1. The van der Waals surface area contributed by atoms with Gasteiger partial charge in [-0.2, -0.15) is 12.6 Å². The molecule has 0 saturated heterocycles. The van der Waals surface area contributed by atoms with Crippen LogP contribution in [0.4, 0.5) is 0 Å². The summed E-state index contributed by atoms with van der Waals surface area (Å²) in [5.41, 5.74) is 9.22. The summed E-state index contributed by atoms with van der Waals surface area (Å²) in [6.45, 7) is 1.54. The van der Waals surface area contributed by atoms with Gasteiger partial charge in [0.2, 0.25) is 5.91 Å². The molecule has 0 unspecified atom stereocenters. The highest BCUT2D eigenvalue weighted by molar-refractivity contribution is 7.80. The molecule has 3 nitrogen and oxygen atoms in total. The summed E-state index contributed by atoms with van der Waals surface area (Å²) < 4.78 is 0. The molecule has 0 rings (SSSR count). The smallest absolute Gasteiger partial charge is 0.238 e. The first-order valence-corrected chi connectivity index (χ1v) is 2.83. The Bertz CT molecular complexity index is 107. The van der Waals surface area contributed by atoms with Gasteiger partial charge in [0, 0.05) is 5.75 Å². The zero-order valence-corrected chi connectivity index (χ0v) is 6.84. The van der Waals surface area contributed by atoms with Crippen molar-refractivity contribution in [3.8, 4) is 0 Å². The molecular formula is C4H11ClN2OS. The van der Waals surface area contributed by atoms with Crippen LogP contribution in [0.25, 0.3) is 0 Å². The topological polar surface area (TPSA) is 69.1 Å². The molecule has 4 N–H and O–H groups in total. The zero-order chi connectivity index (χ0) is 6.78. The first kappa shape index (κ1) is 11.8. The predicted octanol–water partition coefficient (Wildman–Crippen LogP) is -0.459. The highest BCUT2D eigenvalue weighted by atomic mass is 35.5. The summed E-state index contributed by atoms with van der Waals surface area (Å²) >= 11 is 3.81. The Hall–Kier alpha value is 0.0700. The second-order valence-corrected chi connectivity index (χ2v) is 2.26. The van der Waals surface area contributed by atoms with E-state index in [2.05, 4.69) is 12.6 Å². The predicted molar refractivity (Wildman–Crippen MR) is 42.9 cm³/mol. The summed E-state index contributed by atoms with van der Waals surface area (Å²) in [5, 5.41) is 0. The van der Waals surface area contributed by atoms with E-state index in [1.54, 1.807) is 6.92 Å². The average Bonchev–Trinajstić information content (AvgIpc) is 1.67. The molecule has 0 aromatic carbocycles. The van der Waals surface area contributed by atoms with Crippen molar-refractivity contribution in [3.05, 3.63) is 0 Å². The van der Waals surface area contributed by atoms with Gasteiger partial charge in [-0.3, -0.25) is 4.79 Å². The molecule has 0 saturated carbocycles. The van der Waals surface area contributed by atoms with E-state index >= 15 is 0 Å². The molecule has 0 bridgehead atoms. The van der Waals surface area contributed by atoms with Crippen molar-refractivity contribution >= 4 is 30.9 Å². The van der Waals surface area contributed by atoms with Crippen LogP contribution in [0.5, 0.6) is 0 Å².